The van der Waals surface area contributed by atoms with Crippen LogP contribution in [0.5, 0.6) is 11.5 Å². The van der Waals surface area contributed by atoms with Crippen LogP contribution >= 0.6 is 0 Å². The number of rotatable bonds is 6. The van der Waals surface area contributed by atoms with Crippen LogP contribution in [0.2, 0.25) is 0 Å². The van der Waals surface area contributed by atoms with E-state index in [0.29, 0.717) is 22.6 Å². The quantitative estimate of drug-likeness (QED) is 0.595. The fraction of sp³-hybridized carbons (Fsp3) is 0.333. The first-order valence-corrected chi connectivity index (χ1v) is 10.6. The van der Waals surface area contributed by atoms with Gasteiger partial charge in [0.15, 0.2) is 0 Å². The monoisotopic (exact) mass is 464 g/mol. The van der Waals surface area contributed by atoms with Crippen molar-refractivity contribution in [1.29, 1.82) is 10.5 Å². The van der Waals surface area contributed by atoms with Crippen molar-refractivity contribution in [3.05, 3.63) is 59.7 Å². The second kappa shape index (κ2) is 11.4. The molecule has 2 atom stereocenters. The molecule has 1 fully saturated rings. The van der Waals surface area contributed by atoms with Crippen LogP contribution in [0.1, 0.15) is 25.0 Å². The molecule has 10 heteroatoms. The van der Waals surface area contributed by atoms with Crippen molar-refractivity contribution in [2.24, 2.45) is 0 Å². The van der Waals surface area contributed by atoms with Crippen molar-refractivity contribution in [3.8, 4) is 23.6 Å². The summed E-state index contributed by atoms with van der Waals surface area (Å²) in [6, 6.07) is 17.0. The maximum atomic E-state index is 12.4. The predicted molar refractivity (Wildman–Crippen MR) is 119 cm³/mol. The van der Waals surface area contributed by atoms with Crippen molar-refractivity contribution in [1.82, 2.24) is 9.80 Å². The molecule has 2 amide bonds. The SMILES string of the molecule is C[C@@H](OC(=O)N1CCN(C(=O)O[C@H](C)Oc2ccc(C#N)cc2)CC1)Oc1ccc(C#N)cc1. The molecular weight excluding hydrogens is 440 g/mol. The van der Waals surface area contributed by atoms with E-state index in [4.69, 9.17) is 29.5 Å². The van der Waals surface area contributed by atoms with Crippen LogP contribution in [0, 0.1) is 22.7 Å². The number of hydrogen-bond donors (Lipinski definition) is 0. The van der Waals surface area contributed by atoms with Gasteiger partial charge in [0.2, 0.25) is 12.6 Å². The Hall–Kier alpha value is -4.44. The summed E-state index contributed by atoms with van der Waals surface area (Å²) < 4.78 is 21.7. The van der Waals surface area contributed by atoms with Crippen LogP contribution in [0.3, 0.4) is 0 Å². The van der Waals surface area contributed by atoms with Crippen molar-refractivity contribution in [3.63, 3.8) is 0 Å². The minimum Gasteiger partial charge on any atom is -0.455 e. The summed E-state index contributed by atoms with van der Waals surface area (Å²) in [4.78, 5) is 27.8. The van der Waals surface area contributed by atoms with Gasteiger partial charge in [-0.05, 0) is 48.5 Å². The van der Waals surface area contributed by atoms with Crippen LogP contribution in [-0.2, 0) is 9.47 Å². The van der Waals surface area contributed by atoms with E-state index in [9.17, 15) is 9.59 Å². The third kappa shape index (κ3) is 6.78. The summed E-state index contributed by atoms with van der Waals surface area (Å²) in [5.74, 6) is 0.952. The number of hydrogen-bond acceptors (Lipinski definition) is 8. The van der Waals surface area contributed by atoms with Gasteiger partial charge in [-0.25, -0.2) is 9.59 Å². The van der Waals surface area contributed by atoms with E-state index >= 15 is 0 Å². The number of benzene rings is 2. The number of nitrogens with zero attached hydrogens (tertiary/aromatic N) is 4. The lowest BCUT2D eigenvalue weighted by atomic mass is 10.2. The van der Waals surface area contributed by atoms with Crippen molar-refractivity contribution >= 4 is 12.2 Å². The van der Waals surface area contributed by atoms with Crippen LogP contribution in [0.4, 0.5) is 9.59 Å². The molecule has 2 aromatic carbocycles. The van der Waals surface area contributed by atoms with Gasteiger partial charge in [-0.1, -0.05) is 0 Å². The molecule has 0 aliphatic carbocycles. The van der Waals surface area contributed by atoms with Crippen molar-refractivity contribution in [2.45, 2.75) is 26.4 Å². The third-order valence-corrected chi connectivity index (χ3v) is 4.90. The molecule has 1 aliphatic heterocycles. The van der Waals surface area contributed by atoms with E-state index < -0.39 is 24.8 Å². The zero-order valence-electron chi connectivity index (χ0n) is 18.8. The number of amides is 2. The maximum Gasteiger partial charge on any atom is 0.412 e. The Balaban J connectivity index is 1.39. The van der Waals surface area contributed by atoms with Crippen molar-refractivity contribution in [2.75, 3.05) is 26.2 Å². The second-order valence-corrected chi connectivity index (χ2v) is 7.38. The standard InChI is InChI=1S/C24H24N4O6/c1-17(31-21-7-3-19(15-25)4-8-21)33-23(29)27-11-13-28(14-12-27)24(30)34-18(2)32-22-9-5-20(16-26)6-10-22/h3-10,17-18H,11-14H2,1-2H3/t17-,18-/m1/s1. The molecule has 1 saturated heterocycles. The third-order valence-electron chi connectivity index (χ3n) is 4.90. The Morgan fingerprint density at radius 3 is 1.32 bits per heavy atom. The fourth-order valence-electron chi connectivity index (χ4n) is 3.15. The van der Waals surface area contributed by atoms with Gasteiger partial charge in [-0.2, -0.15) is 10.5 Å². The molecule has 1 heterocycles. The number of piperazine rings is 1. The van der Waals surface area contributed by atoms with Crippen LogP contribution in [-0.4, -0.2) is 60.7 Å². The highest BCUT2D eigenvalue weighted by Gasteiger charge is 2.28. The Morgan fingerprint density at radius 2 is 1.03 bits per heavy atom. The van der Waals surface area contributed by atoms with Gasteiger partial charge in [-0.3, -0.25) is 0 Å². The molecule has 2 aromatic rings. The maximum absolute atomic E-state index is 12.4. The first-order valence-electron chi connectivity index (χ1n) is 10.6. The lowest BCUT2D eigenvalue weighted by Gasteiger charge is -2.34. The normalized spacial score (nSPS) is 14.7. The molecule has 34 heavy (non-hydrogen) atoms. The Kier molecular flexibility index (Phi) is 8.14. The first kappa shape index (κ1) is 24.2. The number of carbonyl (C=O) groups excluding carboxylic acids is 2. The Morgan fingerprint density at radius 1 is 0.706 bits per heavy atom. The van der Waals surface area contributed by atoms with E-state index in [-0.39, 0.29) is 26.2 Å². The number of carbonyl (C=O) groups is 2. The smallest absolute Gasteiger partial charge is 0.412 e. The molecular formula is C24H24N4O6. The minimum atomic E-state index is -0.830. The molecule has 0 radical (unpaired) electrons. The summed E-state index contributed by atoms with van der Waals surface area (Å²) in [5, 5.41) is 17.7. The van der Waals surface area contributed by atoms with Gasteiger partial charge >= 0.3 is 12.2 Å². The second-order valence-electron chi connectivity index (χ2n) is 7.38. The van der Waals surface area contributed by atoms with E-state index in [0.717, 1.165) is 0 Å². The lowest BCUT2D eigenvalue weighted by molar-refractivity contribution is -0.0479. The average Bonchev–Trinajstić information content (AvgIpc) is 2.85. The summed E-state index contributed by atoms with van der Waals surface area (Å²) in [6.07, 6.45) is -2.76. The molecule has 0 aromatic heterocycles. The highest BCUT2D eigenvalue weighted by molar-refractivity contribution is 5.70. The molecule has 1 aliphatic rings. The fourth-order valence-corrected chi connectivity index (χ4v) is 3.15. The lowest BCUT2D eigenvalue weighted by Crippen LogP contribution is -2.51. The van der Waals surface area contributed by atoms with E-state index in [1.165, 1.54) is 9.80 Å². The highest BCUT2D eigenvalue weighted by Crippen LogP contribution is 2.16. The zero-order chi connectivity index (χ0) is 24.5. The molecule has 0 N–H and O–H groups in total. The highest BCUT2D eigenvalue weighted by atomic mass is 16.7. The van der Waals surface area contributed by atoms with Gasteiger partial charge in [0.1, 0.15) is 11.5 Å². The van der Waals surface area contributed by atoms with E-state index in [1.54, 1.807) is 62.4 Å². The van der Waals surface area contributed by atoms with E-state index in [1.807, 2.05) is 12.1 Å². The first-order chi connectivity index (χ1) is 16.4. The number of nitriles is 2. The molecule has 0 unspecified atom stereocenters. The van der Waals surface area contributed by atoms with Gasteiger partial charge in [0, 0.05) is 40.0 Å². The van der Waals surface area contributed by atoms with Crippen molar-refractivity contribution < 1.29 is 28.5 Å². The molecule has 3 rings (SSSR count). The largest absolute Gasteiger partial charge is 0.455 e. The predicted octanol–water partition coefficient (Wildman–Crippen LogP) is 3.47. The zero-order valence-corrected chi connectivity index (χ0v) is 18.8. The molecule has 0 bridgehead atoms. The Bertz CT molecular complexity index is 979. The molecule has 10 nitrogen and oxygen atoms in total. The van der Waals surface area contributed by atoms with Gasteiger partial charge in [0.05, 0.1) is 23.3 Å². The van der Waals surface area contributed by atoms with Gasteiger partial charge in [0.25, 0.3) is 0 Å². The average molecular weight is 464 g/mol. The summed E-state index contributed by atoms with van der Waals surface area (Å²) in [7, 11) is 0. The van der Waals surface area contributed by atoms with Gasteiger partial charge in [-0.15, -0.1) is 0 Å². The molecule has 176 valence electrons. The van der Waals surface area contributed by atoms with E-state index in [2.05, 4.69) is 0 Å². The van der Waals surface area contributed by atoms with Crippen LogP contribution in [0.15, 0.2) is 48.5 Å². The van der Waals surface area contributed by atoms with Crippen LogP contribution in [0.25, 0.3) is 0 Å². The number of ether oxygens (including phenoxy) is 4. The molecule has 0 spiro atoms. The van der Waals surface area contributed by atoms with Crippen LogP contribution < -0.4 is 9.47 Å². The summed E-state index contributed by atoms with van der Waals surface area (Å²) in [5.41, 5.74) is 1.01. The minimum absolute atomic E-state index is 0.280. The summed E-state index contributed by atoms with van der Waals surface area (Å²) in [6.45, 7) is 4.31. The Labute approximate surface area is 197 Å². The topological polar surface area (TPSA) is 125 Å². The molecule has 0 saturated carbocycles. The van der Waals surface area contributed by atoms with Gasteiger partial charge < -0.3 is 28.7 Å². The summed E-state index contributed by atoms with van der Waals surface area (Å²) >= 11 is 0.